The largest absolute Gasteiger partial charge is 0.493 e. The summed E-state index contributed by atoms with van der Waals surface area (Å²) in [4.78, 5) is 2.13. The number of aromatic amines is 1. The van der Waals surface area contributed by atoms with Crippen molar-refractivity contribution < 1.29 is 15.3 Å². The monoisotopic (exact) mass is 355 g/mol. The number of H-pyrrole nitrogens is 1. The quantitative estimate of drug-likeness (QED) is 0.663. The molecule has 26 heavy (non-hydrogen) atoms. The summed E-state index contributed by atoms with van der Waals surface area (Å²) in [5.74, 6) is -1.00. The number of aliphatic hydroxyl groups is 2. The number of aliphatic hydroxyl groups excluding tert-OH is 2. The molecular formula is C20H25N3O3. The number of nitrogens with one attached hydrogen (secondary N) is 1. The van der Waals surface area contributed by atoms with E-state index in [1.165, 1.54) is 5.56 Å². The summed E-state index contributed by atoms with van der Waals surface area (Å²) in [6.07, 6.45) is 0.443. The number of rotatable bonds is 2. The molecule has 1 aliphatic carbocycles. The van der Waals surface area contributed by atoms with Crippen molar-refractivity contribution >= 4 is 5.69 Å². The number of aromatic hydroxyl groups is 1. The number of fused-ring (bicyclic) bond motifs is 1. The Hall–Kier alpha value is -2.31. The van der Waals surface area contributed by atoms with Crippen LogP contribution in [0.3, 0.4) is 0 Å². The van der Waals surface area contributed by atoms with Crippen molar-refractivity contribution in [3.8, 4) is 5.88 Å². The molecule has 1 fully saturated rings. The fourth-order valence-electron chi connectivity index (χ4n) is 4.59. The van der Waals surface area contributed by atoms with Crippen molar-refractivity contribution in [1.29, 1.82) is 0 Å². The Bertz CT molecular complexity index is 857. The number of hydrogen-bond donors (Lipinski definition) is 4. The number of para-hydroxylation sites is 1. The second-order valence-electron chi connectivity index (χ2n) is 7.91. The molecule has 1 saturated carbocycles. The van der Waals surface area contributed by atoms with E-state index in [9.17, 15) is 15.3 Å². The van der Waals surface area contributed by atoms with Gasteiger partial charge in [-0.25, -0.2) is 5.10 Å². The van der Waals surface area contributed by atoms with Gasteiger partial charge in [0, 0.05) is 41.2 Å². The number of anilines is 1. The molecule has 0 amide bonds. The lowest BCUT2D eigenvalue weighted by Gasteiger charge is -2.46. The average Bonchev–Trinajstić information content (AvgIpc) is 3.03. The van der Waals surface area contributed by atoms with E-state index in [4.69, 9.17) is 0 Å². The van der Waals surface area contributed by atoms with E-state index in [2.05, 4.69) is 41.1 Å². The zero-order valence-electron chi connectivity index (χ0n) is 15.4. The first-order valence-corrected chi connectivity index (χ1v) is 8.90. The van der Waals surface area contributed by atoms with Gasteiger partial charge in [-0.2, -0.15) is 5.10 Å². The van der Waals surface area contributed by atoms with Gasteiger partial charge >= 0.3 is 0 Å². The predicted octanol–water partition coefficient (Wildman–Crippen LogP) is 2.17. The molecule has 2 heterocycles. The molecule has 6 heteroatoms. The van der Waals surface area contributed by atoms with Crippen molar-refractivity contribution in [2.24, 2.45) is 5.92 Å². The molecule has 2 aliphatic rings. The number of nitrogens with zero attached hydrogens (tertiary/aromatic N) is 2. The minimum absolute atomic E-state index is 0.0811. The van der Waals surface area contributed by atoms with Crippen LogP contribution in [-0.2, 0) is 5.41 Å². The van der Waals surface area contributed by atoms with Crippen molar-refractivity contribution in [3.05, 3.63) is 52.9 Å². The van der Waals surface area contributed by atoms with Crippen molar-refractivity contribution in [1.82, 2.24) is 10.2 Å². The van der Waals surface area contributed by atoms with Crippen LogP contribution in [0.1, 0.15) is 36.6 Å². The Labute approximate surface area is 152 Å². The van der Waals surface area contributed by atoms with Gasteiger partial charge in [-0.3, -0.25) is 0 Å². The predicted molar refractivity (Wildman–Crippen MR) is 99.2 cm³/mol. The Kier molecular flexibility index (Phi) is 3.68. The highest BCUT2D eigenvalue weighted by Crippen LogP contribution is 2.51. The number of allylic oxidation sites excluding steroid dienone is 1. The van der Waals surface area contributed by atoms with Gasteiger partial charge in [-0.05, 0) is 18.6 Å². The van der Waals surface area contributed by atoms with Crippen molar-refractivity contribution in [2.75, 3.05) is 11.9 Å². The first-order chi connectivity index (χ1) is 12.2. The molecule has 1 aromatic heterocycles. The molecule has 4 rings (SSSR count). The van der Waals surface area contributed by atoms with E-state index in [0.29, 0.717) is 11.3 Å². The molecule has 1 aliphatic heterocycles. The lowest BCUT2D eigenvalue weighted by Crippen LogP contribution is -2.53. The Balaban J connectivity index is 1.66. The molecule has 0 radical (unpaired) electrons. The summed E-state index contributed by atoms with van der Waals surface area (Å²) in [6, 6.07) is 8.25. The van der Waals surface area contributed by atoms with Gasteiger partial charge in [0.15, 0.2) is 0 Å². The number of aryl methyl sites for hydroxylation is 1. The molecule has 0 spiro atoms. The summed E-state index contributed by atoms with van der Waals surface area (Å²) >= 11 is 0. The van der Waals surface area contributed by atoms with Crippen LogP contribution >= 0.6 is 0 Å². The second-order valence-corrected chi connectivity index (χ2v) is 7.91. The maximum absolute atomic E-state index is 10.7. The minimum Gasteiger partial charge on any atom is -0.493 e. The third-order valence-corrected chi connectivity index (χ3v) is 6.12. The van der Waals surface area contributed by atoms with Crippen LogP contribution in [-0.4, -0.2) is 44.8 Å². The number of benzene rings is 1. The van der Waals surface area contributed by atoms with Gasteiger partial charge < -0.3 is 20.2 Å². The molecule has 2 aromatic rings. The molecule has 2 unspecified atom stereocenters. The average molecular weight is 355 g/mol. The SMILES string of the molecule is Cc1n[nH]c(O)c1C1C(O)C(C=C2N(C)c3ccccc3C2(C)C)C1O. The van der Waals surface area contributed by atoms with Crippen LogP contribution in [0.2, 0.25) is 0 Å². The van der Waals surface area contributed by atoms with Gasteiger partial charge in [0.1, 0.15) is 0 Å². The highest BCUT2D eigenvalue weighted by atomic mass is 16.3. The van der Waals surface area contributed by atoms with Crippen molar-refractivity contribution in [3.63, 3.8) is 0 Å². The minimum atomic E-state index is -0.771. The van der Waals surface area contributed by atoms with E-state index in [1.807, 2.05) is 25.3 Å². The van der Waals surface area contributed by atoms with Crippen molar-refractivity contribution in [2.45, 2.75) is 44.3 Å². The fraction of sp³-hybridized carbons (Fsp3) is 0.450. The molecule has 0 bridgehead atoms. The second kappa shape index (κ2) is 5.59. The van der Waals surface area contributed by atoms with Crippen LogP contribution < -0.4 is 4.90 Å². The molecule has 138 valence electrons. The van der Waals surface area contributed by atoms with Gasteiger partial charge in [-0.1, -0.05) is 38.1 Å². The Morgan fingerprint density at radius 1 is 1.19 bits per heavy atom. The lowest BCUT2D eigenvalue weighted by molar-refractivity contribution is -0.0954. The number of hydrogen-bond acceptors (Lipinski definition) is 5. The maximum Gasteiger partial charge on any atom is 0.210 e. The highest BCUT2D eigenvalue weighted by Gasteiger charge is 2.52. The van der Waals surface area contributed by atoms with Gasteiger partial charge in [0.25, 0.3) is 0 Å². The molecule has 0 saturated heterocycles. The first-order valence-electron chi connectivity index (χ1n) is 8.90. The summed E-state index contributed by atoms with van der Waals surface area (Å²) < 4.78 is 0. The van der Waals surface area contributed by atoms with Gasteiger partial charge in [0.05, 0.1) is 17.9 Å². The smallest absolute Gasteiger partial charge is 0.210 e. The summed E-state index contributed by atoms with van der Waals surface area (Å²) in [7, 11) is 2.01. The van der Waals surface area contributed by atoms with Crippen LogP contribution in [0.15, 0.2) is 36.0 Å². The van der Waals surface area contributed by atoms with Crippen LogP contribution in [0.25, 0.3) is 0 Å². The summed E-state index contributed by atoms with van der Waals surface area (Å²) in [6.45, 7) is 6.06. The third-order valence-electron chi connectivity index (χ3n) is 6.12. The highest BCUT2D eigenvalue weighted by molar-refractivity contribution is 5.69. The zero-order chi connectivity index (χ0) is 18.8. The molecule has 2 atom stereocenters. The number of likely N-dealkylation sites (N-methyl/N-ethyl adjacent to an activating group) is 1. The zero-order valence-corrected chi connectivity index (χ0v) is 15.4. The Morgan fingerprint density at radius 3 is 2.42 bits per heavy atom. The van der Waals surface area contributed by atoms with E-state index in [-0.39, 0.29) is 17.2 Å². The van der Waals surface area contributed by atoms with E-state index in [0.717, 1.165) is 11.4 Å². The van der Waals surface area contributed by atoms with Crippen LogP contribution in [0.4, 0.5) is 5.69 Å². The normalized spacial score (nSPS) is 31.2. The molecule has 1 aromatic carbocycles. The standard InChI is InChI=1S/C20H25N3O3/c1-10-15(19(26)22-21-10)16-17(24)11(18(16)25)9-14-20(2,3)12-7-5-6-8-13(12)23(14)4/h5-9,11,16-18,24-25H,1-4H3,(H2,21,22,26). The molecule has 6 nitrogen and oxygen atoms in total. The van der Waals surface area contributed by atoms with Crippen LogP contribution in [0, 0.1) is 12.8 Å². The van der Waals surface area contributed by atoms with Gasteiger partial charge in [0.2, 0.25) is 5.88 Å². The maximum atomic E-state index is 10.7. The summed E-state index contributed by atoms with van der Waals surface area (Å²) in [5, 5.41) is 37.8. The van der Waals surface area contributed by atoms with E-state index < -0.39 is 18.1 Å². The fourth-order valence-corrected chi connectivity index (χ4v) is 4.59. The van der Waals surface area contributed by atoms with Gasteiger partial charge in [-0.15, -0.1) is 0 Å². The molecular weight excluding hydrogens is 330 g/mol. The lowest BCUT2D eigenvalue weighted by atomic mass is 9.64. The summed E-state index contributed by atoms with van der Waals surface area (Å²) in [5.41, 5.74) is 4.34. The first kappa shape index (κ1) is 17.1. The van der Waals surface area contributed by atoms with Crippen LogP contribution in [0.5, 0.6) is 5.88 Å². The topological polar surface area (TPSA) is 92.6 Å². The number of aromatic nitrogens is 2. The third kappa shape index (κ3) is 2.15. The molecule has 4 N–H and O–H groups in total. The van der Waals surface area contributed by atoms with E-state index in [1.54, 1.807) is 6.92 Å². The van der Waals surface area contributed by atoms with E-state index >= 15 is 0 Å². The Morgan fingerprint density at radius 2 is 1.85 bits per heavy atom.